The molecule has 0 spiro atoms. The number of ketones is 1. The topological polar surface area (TPSA) is 74.7 Å². The van der Waals surface area contributed by atoms with Crippen molar-refractivity contribution in [2.45, 2.75) is 38.6 Å². The monoisotopic (exact) mass is 303 g/mol. The van der Waals surface area contributed by atoms with Crippen molar-refractivity contribution < 1.29 is 19.5 Å². The number of hydrogen-bond acceptors (Lipinski definition) is 3. The van der Waals surface area contributed by atoms with Crippen LogP contribution in [0.1, 0.15) is 43.0 Å². The summed E-state index contributed by atoms with van der Waals surface area (Å²) in [6, 6.07) is 8.92. The van der Waals surface area contributed by atoms with Crippen molar-refractivity contribution >= 4 is 17.7 Å². The molecule has 0 aromatic heterocycles. The Balaban J connectivity index is 1.91. The van der Waals surface area contributed by atoms with E-state index in [9.17, 15) is 14.4 Å². The number of hydrogen-bond donors (Lipinski definition) is 1. The first kappa shape index (κ1) is 16.2. The van der Waals surface area contributed by atoms with Gasteiger partial charge in [-0.2, -0.15) is 0 Å². The van der Waals surface area contributed by atoms with E-state index >= 15 is 0 Å². The molecule has 1 aliphatic rings. The van der Waals surface area contributed by atoms with Gasteiger partial charge in [-0.05, 0) is 19.8 Å². The number of nitrogens with zero attached hydrogens (tertiary/aromatic N) is 1. The lowest BCUT2D eigenvalue weighted by molar-refractivity contribution is -0.147. The Bertz CT molecular complexity index is 555. The van der Waals surface area contributed by atoms with E-state index in [0.717, 1.165) is 0 Å². The first-order chi connectivity index (χ1) is 10.5. The third-order valence-electron chi connectivity index (χ3n) is 4.21. The number of aliphatic carboxylic acids is 1. The molecular formula is C17H21NO4. The first-order valence-electron chi connectivity index (χ1n) is 7.59. The van der Waals surface area contributed by atoms with Crippen molar-refractivity contribution in [3.05, 3.63) is 35.9 Å². The summed E-state index contributed by atoms with van der Waals surface area (Å²) in [4.78, 5) is 37.0. The fourth-order valence-electron chi connectivity index (χ4n) is 2.79. The van der Waals surface area contributed by atoms with E-state index in [1.165, 1.54) is 0 Å². The molecule has 1 aliphatic heterocycles. The van der Waals surface area contributed by atoms with Crippen molar-refractivity contribution in [2.75, 3.05) is 6.54 Å². The molecule has 0 aliphatic carbocycles. The Morgan fingerprint density at radius 3 is 2.45 bits per heavy atom. The molecule has 5 heteroatoms. The predicted molar refractivity (Wildman–Crippen MR) is 81.5 cm³/mol. The summed E-state index contributed by atoms with van der Waals surface area (Å²) in [7, 11) is 0. The van der Waals surface area contributed by atoms with Crippen molar-refractivity contribution in [3.8, 4) is 0 Å². The summed E-state index contributed by atoms with van der Waals surface area (Å²) < 4.78 is 0. The van der Waals surface area contributed by atoms with E-state index in [2.05, 4.69) is 0 Å². The minimum atomic E-state index is -0.856. The van der Waals surface area contributed by atoms with Crippen LogP contribution in [0.15, 0.2) is 30.3 Å². The molecule has 5 nitrogen and oxygen atoms in total. The van der Waals surface area contributed by atoms with Gasteiger partial charge in [-0.25, -0.2) is 0 Å². The van der Waals surface area contributed by atoms with Gasteiger partial charge in [0.05, 0.1) is 5.92 Å². The largest absolute Gasteiger partial charge is 0.481 e. The number of carbonyl (C=O) groups is 3. The Labute approximate surface area is 129 Å². The maximum absolute atomic E-state index is 12.3. The van der Waals surface area contributed by atoms with Gasteiger partial charge in [-0.15, -0.1) is 0 Å². The summed E-state index contributed by atoms with van der Waals surface area (Å²) in [5, 5.41) is 9.10. The van der Waals surface area contributed by atoms with Gasteiger partial charge < -0.3 is 10.0 Å². The maximum Gasteiger partial charge on any atom is 0.308 e. The smallest absolute Gasteiger partial charge is 0.308 e. The van der Waals surface area contributed by atoms with Gasteiger partial charge in [0.1, 0.15) is 0 Å². The molecule has 1 saturated heterocycles. The normalized spacial score (nSPS) is 21.4. The predicted octanol–water partition coefficient (Wildman–Crippen LogP) is 2.36. The summed E-state index contributed by atoms with van der Waals surface area (Å²) >= 11 is 0. The molecule has 2 rings (SSSR count). The van der Waals surface area contributed by atoms with Crippen LogP contribution in [0.5, 0.6) is 0 Å². The lowest BCUT2D eigenvalue weighted by Gasteiger charge is -2.36. The number of benzene rings is 1. The summed E-state index contributed by atoms with van der Waals surface area (Å²) in [6.07, 6.45) is 1.58. The minimum Gasteiger partial charge on any atom is -0.481 e. The third-order valence-corrected chi connectivity index (χ3v) is 4.21. The molecule has 22 heavy (non-hydrogen) atoms. The molecule has 0 bridgehead atoms. The first-order valence-corrected chi connectivity index (χ1v) is 7.59. The number of amides is 1. The van der Waals surface area contributed by atoms with Crippen LogP contribution in [0.2, 0.25) is 0 Å². The lowest BCUT2D eigenvalue weighted by Crippen LogP contribution is -2.47. The van der Waals surface area contributed by atoms with E-state index < -0.39 is 11.9 Å². The molecule has 1 N–H and O–H groups in total. The molecule has 2 atom stereocenters. The van der Waals surface area contributed by atoms with Gasteiger partial charge in [0, 0.05) is 31.0 Å². The van der Waals surface area contributed by atoms with Crippen LogP contribution >= 0.6 is 0 Å². The van der Waals surface area contributed by atoms with Crippen LogP contribution in [0.3, 0.4) is 0 Å². The molecule has 1 amide bonds. The van der Waals surface area contributed by atoms with Gasteiger partial charge in [-0.3, -0.25) is 14.4 Å². The zero-order valence-electron chi connectivity index (χ0n) is 12.7. The van der Waals surface area contributed by atoms with Gasteiger partial charge in [0.2, 0.25) is 5.91 Å². The van der Waals surface area contributed by atoms with Gasteiger partial charge in [0.25, 0.3) is 0 Å². The molecule has 0 saturated carbocycles. The number of piperidine rings is 1. The Hall–Kier alpha value is -2.17. The summed E-state index contributed by atoms with van der Waals surface area (Å²) in [6.45, 7) is 2.17. The second kappa shape index (κ2) is 7.20. The highest BCUT2D eigenvalue weighted by Gasteiger charge is 2.32. The average Bonchev–Trinajstić information content (AvgIpc) is 2.53. The van der Waals surface area contributed by atoms with E-state index in [1.54, 1.807) is 29.2 Å². The van der Waals surface area contributed by atoms with Crippen LogP contribution in [0, 0.1) is 5.92 Å². The third kappa shape index (κ3) is 3.93. The zero-order valence-corrected chi connectivity index (χ0v) is 12.7. The van der Waals surface area contributed by atoms with E-state index in [0.29, 0.717) is 18.4 Å². The summed E-state index contributed by atoms with van der Waals surface area (Å²) in [5.41, 5.74) is 0.602. The van der Waals surface area contributed by atoms with Crippen LogP contribution in [-0.2, 0) is 9.59 Å². The number of rotatable bonds is 5. The fourth-order valence-corrected chi connectivity index (χ4v) is 2.79. The van der Waals surface area contributed by atoms with E-state index in [4.69, 9.17) is 5.11 Å². The maximum atomic E-state index is 12.3. The van der Waals surface area contributed by atoms with Crippen molar-refractivity contribution in [3.63, 3.8) is 0 Å². The van der Waals surface area contributed by atoms with E-state index in [1.807, 2.05) is 13.0 Å². The van der Waals surface area contributed by atoms with Crippen molar-refractivity contribution in [1.82, 2.24) is 4.90 Å². The number of carboxylic acid groups (broad SMARTS) is 1. The second-order valence-electron chi connectivity index (χ2n) is 5.80. The lowest BCUT2D eigenvalue weighted by atomic mass is 9.93. The highest BCUT2D eigenvalue weighted by Crippen LogP contribution is 2.23. The fraction of sp³-hybridized carbons (Fsp3) is 0.471. The number of carboxylic acids is 1. The molecule has 0 radical (unpaired) electrons. The second-order valence-corrected chi connectivity index (χ2v) is 5.80. The van der Waals surface area contributed by atoms with Gasteiger partial charge in [0.15, 0.2) is 5.78 Å². The number of Topliss-reactive ketones (excluding diaryl/α,β-unsaturated/α-hetero) is 1. The molecule has 1 heterocycles. The van der Waals surface area contributed by atoms with Crippen LogP contribution < -0.4 is 0 Å². The SMILES string of the molecule is CC1CCC(C(=O)O)CN1C(=O)CCC(=O)c1ccccc1. The minimum absolute atomic E-state index is 0.0370. The molecular weight excluding hydrogens is 282 g/mol. The molecule has 1 fully saturated rings. The highest BCUT2D eigenvalue weighted by atomic mass is 16.4. The molecule has 2 unspecified atom stereocenters. The standard InChI is InChI=1S/C17H21NO4/c1-12-7-8-14(17(21)22)11-18(12)16(20)10-9-15(19)13-5-3-2-4-6-13/h2-6,12,14H,7-11H2,1H3,(H,21,22). The van der Waals surface area contributed by atoms with Gasteiger partial charge in [-0.1, -0.05) is 30.3 Å². The molecule has 1 aromatic rings. The van der Waals surface area contributed by atoms with Crippen LogP contribution in [0.25, 0.3) is 0 Å². The van der Waals surface area contributed by atoms with Crippen molar-refractivity contribution in [2.24, 2.45) is 5.92 Å². The van der Waals surface area contributed by atoms with Crippen LogP contribution in [-0.4, -0.2) is 40.3 Å². The Morgan fingerprint density at radius 2 is 1.82 bits per heavy atom. The molecule has 118 valence electrons. The van der Waals surface area contributed by atoms with Crippen molar-refractivity contribution in [1.29, 1.82) is 0 Å². The number of carbonyl (C=O) groups excluding carboxylic acids is 2. The van der Waals surface area contributed by atoms with Crippen LogP contribution in [0.4, 0.5) is 0 Å². The summed E-state index contributed by atoms with van der Waals surface area (Å²) in [5.74, 6) is -1.55. The highest BCUT2D eigenvalue weighted by molar-refractivity contribution is 5.97. The number of likely N-dealkylation sites (tertiary alicyclic amines) is 1. The Morgan fingerprint density at radius 1 is 1.14 bits per heavy atom. The van der Waals surface area contributed by atoms with E-state index in [-0.39, 0.29) is 37.1 Å². The molecule has 1 aromatic carbocycles. The Kier molecular flexibility index (Phi) is 5.31. The van der Waals surface area contributed by atoms with Gasteiger partial charge >= 0.3 is 5.97 Å². The average molecular weight is 303 g/mol. The quantitative estimate of drug-likeness (QED) is 0.847. The zero-order chi connectivity index (χ0) is 16.1.